The number of allylic oxidation sites excluding steroid dienone is 3. The van der Waals surface area contributed by atoms with Crippen LogP contribution in [0, 0.1) is 0 Å². The van der Waals surface area contributed by atoms with Gasteiger partial charge in [-0.3, -0.25) is 4.79 Å². The summed E-state index contributed by atoms with van der Waals surface area (Å²) in [7, 11) is 0. The highest BCUT2D eigenvalue weighted by Gasteiger charge is 2.18. The molecule has 60 heavy (non-hydrogen) atoms. The van der Waals surface area contributed by atoms with Crippen LogP contribution in [0.1, 0.15) is 309 Å². The monoisotopic (exact) mass is 844 g/mol. The Bertz CT molecular complexity index is 871. The molecular weight excluding hydrogens is 735 g/mol. The molecule has 0 bridgehead atoms. The van der Waals surface area contributed by atoms with E-state index in [2.05, 4.69) is 31.3 Å². The van der Waals surface area contributed by atoms with Gasteiger partial charge in [-0.2, -0.15) is 0 Å². The van der Waals surface area contributed by atoms with Crippen LogP contribution in [0.15, 0.2) is 24.3 Å². The highest BCUT2D eigenvalue weighted by atomic mass is 16.3. The molecular formula is C56H109NO3. The zero-order chi connectivity index (χ0) is 43.5. The molecule has 0 aromatic rings. The molecule has 0 heterocycles. The van der Waals surface area contributed by atoms with Gasteiger partial charge >= 0.3 is 0 Å². The van der Waals surface area contributed by atoms with Crippen molar-refractivity contribution in [2.75, 3.05) is 6.61 Å². The summed E-state index contributed by atoms with van der Waals surface area (Å²) >= 11 is 0. The van der Waals surface area contributed by atoms with Crippen molar-refractivity contribution in [1.82, 2.24) is 5.32 Å². The molecule has 0 aliphatic carbocycles. The van der Waals surface area contributed by atoms with Crippen molar-refractivity contribution in [3.05, 3.63) is 24.3 Å². The van der Waals surface area contributed by atoms with E-state index in [0.717, 1.165) is 32.1 Å². The maximum atomic E-state index is 12.5. The van der Waals surface area contributed by atoms with E-state index in [1.54, 1.807) is 6.08 Å². The predicted molar refractivity (Wildman–Crippen MR) is 267 cm³/mol. The van der Waals surface area contributed by atoms with Gasteiger partial charge < -0.3 is 15.5 Å². The number of amides is 1. The first kappa shape index (κ1) is 58.9. The molecule has 0 saturated heterocycles. The number of unbranched alkanes of at least 4 members (excludes halogenated alkanes) is 42. The van der Waals surface area contributed by atoms with Gasteiger partial charge in [-0.1, -0.05) is 295 Å². The normalized spacial score (nSPS) is 12.9. The van der Waals surface area contributed by atoms with Crippen LogP contribution in [-0.4, -0.2) is 34.9 Å². The SMILES string of the molecule is CCCCCCCCCCCCCCCCCCCC/C=C/CC/C=C/C(O)C(CO)NC(=O)CCCCCCCCCCCCCCCCCCCCCCCCCC. The number of hydrogen-bond donors (Lipinski definition) is 3. The number of aliphatic hydroxyl groups is 2. The predicted octanol–water partition coefficient (Wildman–Crippen LogP) is 17.9. The Morgan fingerprint density at radius 1 is 0.383 bits per heavy atom. The maximum absolute atomic E-state index is 12.5. The van der Waals surface area contributed by atoms with E-state index in [4.69, 9.17) is 0 Å². The Labute approximate surface area is 377 Å². The molecule has 4 nitrogen and oxygen atoms in total. The van der Waals surface area contributed by atoms with E-state index in [1.165, 1.54) is 257 Å². The molecule has 0 aliphatic rings. The molecule has 0 fully saturated rings. The lowest BCUT2D eigenvalue weighted by Crippen LogP contribution is -2.45. The van der Waals surface area contributed by atoms with Crippen LogP contribution in [0.2, 0.25) is 0 Å². The molecule has 0 aromatic carbocycles. The number of carbonyl (C=O) groups is 1. The molecule has 0 rings (SSSR count). The van der Waals surface area contributed by atoms with E-state index < -0.39 is 12.1 Å². The number of rotatable bonds is 51. The summed E-state index contributed by atoms with van der Waals surface area (Å²) in [6, 6.07) is -0.636. The van der Waals surface area contributed by atoms with Gasteiger partial charge in [0.25, 0.3) is 0 Å². The first-order chi connectivity index (χ1) is 29.7. The molecule has 0 aliphatic heterocycles. The average Bonchev–Trinajstić information content (AvgIpc) is 3.25. The lowest BCUT2D eigenvalue weighted by molar-refractivity contribution is -0.123. The zero-order valence-electron chi connectivity index (χ0n) is 41.0. The van der Waals surface area contributed by atoms with E-state index in [-0.39, 0.29) is 12.5 Å². The number of aliphatic hydroxyl groups excluding tert-OH is 2. The van der Waals surface area contributed by atoms with Gasteiger partial charge in [0.1, 0.15) is 0 Å². The standard InChI is InChI=1S/C56H109NO3/c1-3-5-7-9-11-13-15-17-19-21-23-25-27-29-31-33-35-37-39-41-43-45-47-49-51-55(59)54(53-58)57-56(60)52-50-48-46-44-42-40-38-36-34-32-30-28-26-24-22-20-18-16-14-12-10-8-6-4-2/h41,43,49,51,54-55,58-59H,3-40,42,44-48,50,52-53H2,1-2H3,(H,57,60)/b43-41+,51-49+. The highest BCUT2D eigenvalue weighted by molar-refractivity contribution is 5.76. The Morgan fingerprint density at radius 2 is 0.650 bits per heavy atom. The summed E-state index contributed by atoms with van der Waals surface area (Å²) in [5.41, 5.74) is 0. The fourth-order valence-corrected chi connectivity index (χ4v) is 8.73. The third-order valence-electron chi connectivity index (χ3n) is 12.9. The summed E-state index contributed by atoms with van der Waals surface area (Å²) in [6.07, 6.45) is 69.1. The van der Waals surface area contributed by atoms with E-state index in [1.807, 2.05) is 6.08 Å². The van der Waals surface area contributed by atoms with Crippen molar-refractivity contribution in [3.63, 3.8) is 0 Å². The van der Waals surface area contributed by atoms with Gasteiger partial charge in [-0.25, -0.2) is 0 Å². The maximum Gasteiger partial charge on any atom is 0.220 e. The van der Waals surface area contributed by atoms with Gasteiger partial charge in [0.15, 0.2) is 0 Å². The van der Waals surface area contributed by atoms with Crippen LogP contribution >= 0.6 is 0 Å². The largest absolute Gasteiger partial charge is 0.394 e. The van der Waals surface area contributed by atoms with Gasteiger partial charge in [-0.05, 0) is 32.1 Å². The highest BCUT2D eigenvalue weighted by Crippen LogP contribution is 2.17. The van der Waals surface area contributed by atoms with Crippen LogP contribution in [0.5, 0.6) is 0 Å². The summed E-state index contributed by atoms with van der Waals surface area (Å²) in [5, 5.41) is 23.1. The van der Waals surface area contributed by atoms with Gasteiger partial charge in [0, 0.05) is 6.42 Å². The molecule has 0 aromatic heterocycles. The number of carbonyl (C=O) groups excluding carboxylic acids is 1. The van der Waals surface area contributed by atoms with Crippen molar-refractivity contribution < 1.29 is 15.0 Å². The summed E-state index contributed by atoms with van der Waals surface area (Å²) in [6.45, 7) is 4.34. The van der Waals surface area contributed by atoms with Crippen molar-refractivity contribution in [2.45, 2.75) is 321 Å². The molecule has 2 unspecified atom stereocenters. The van der Waals surface area contributed by atoms with Crippen molar-refractivity contribution in [3.8, 4) is 0 Å². The lowest BCUT2D eigenvalue weighted by atomic mass is 10.0. The third kappa shape index (κ3) is 47.9. The molecule has 0 spiro atoms. The second kappa shape index (κ2) is 52.2. The summed E-state index contributed by atoms with van der Waals surface area (Å²) in [5.74, 6) is -0.0668. The molecule has 4 heteroatoms. The Kier molecular flexibility index (Phi) is 51.2. The molecule has 1 amide bonds. The molecule has 0 radical (unpaired) electrons. The zero-order valence-corrected chi connectivity index (χ0v) is 41.0. The smallest absolute Gasteiger partial charge is 0.220 e. The Balaban J connectivity index is 3.50. The van der Waals surface area contributed by atoms with Gasteiger partial charge in [0.2, 0.25) is 5.91 Å². The molecule has 3 N–H and O–H groups in total. The quantitative estimate of drug-likeness (QED) is 0.0422. The van der Waals surface area contributed by atoms with E-state index in [0.29, 0.717) is 6.42 Å². The second-order valence-corrected chi connectivity index (χ2v) is 19.0. The first-order valence-electron chi connectivity index (χ1n) is 27.6. The average molecular weight is 844 g/mol. The minimum atomic E-state index is -0.859. The molecule has 2 atom stereocenters. The first-order valence-corrected chi connectivity index (χ1v) is 27.6. The van der Waals surface area contributed by atoms with Crippen LogP contribution in [-0.2, 0) is 4.79 Å². The summed E-state index contributed by atoms with van der Waals surface area (Å²) < 4.78 is 0. The fourth-order valence-electron chi connectivity index (χ4n) is 8.73. The van der Waals surface area contributed by atoms with Crippen molar-refractivity contribution >= 4 is 5.91 Å². The van der Waals surface area contributed by atoms with Crippen molar-refractivity contribution in [1.29, 1.82) is 0 Å². The van der Waals surface area contributed by atoms with Crippen LogP contribution < -0.4 is 5.32 Å². The van der Waals surface area contributed by atoms with E-state index >= 15 is 0 Å². The van der Waals surface area contributed by atoms with Crippen LogP contribution in [0.4, 0.5) is 0 Å². The Morgan fingerprint density at radius 3 is 0.967 bits per heavy atom. The third-order valence-corrected chi connectivity index (χ3v) is 12.9. The summed E-state index contributed by atoms with van der Waals surface area (Å²) in [4.78, 5) is 12.5. The fraction of sp³-hybridized carbons (Fsp3) is 0.911. The van der Waals surface area contributed by atoms with Crippen LogP contribution in [0.3, 0.4) is 0 Å². The van der Waals surface area contributed by atoms with Gasteiger partial charge in [0.05, 0.1) is 18.8 Å². The van der Waals surface area contributed by atoms with E-state index in [9.17, 15) is 15.0 Å². The molecule has 356 valence electrons. The van der Waals surface area contributed by atoms with Gasteiger partial charge in [-0.15, -0.1) is 0 Å². The lowest BCUT2D eigenvalue weighted by Gasteiger charge is -2.19. The molecule has 0 saturated carbocycles. The second-order valence-electron chi connectivity index (χ2n) is 19.0. The topological polar surface area (TPSA) is 69.6 Å². The number of hydrogen-bond acceptors (Lipinski definition) is 3. The Hall–Kier alpha value is -1.13. The number of nitrogens with one attached hydrogen (secondary N) is 1. The minimum absolute atomic E-state index is 0.0668. The minimum Gasteiger partial charge on any atom is -0.394 e. The van der Waals surface area contributed by atoms with Crippen molar-refractivity contribution in [2.24, 2.45) is 0 Å². The van der Waals surface area contributed by atoms with Crippen LogP contribution in [0.25, 0.3) is 0 Å².